The van der Waals surface area contributed by atoms with Gasteiger partial charge in [0.25, 0.3) is 5.78 Å². The SMILES string of the molecule is CCN(CC)c1cc(Cl)nc2ncnn12. The van der Waals surface area contributed by atoms with E-state index >= 15 is 0 Å². The summed E-state index contributed by atoms with van der Waals surface area (Å²) >= 11 is 5.92. The molecule has 2 aromatic rings. The van der Waals surface area contributed by atoms with Crippen LogP contribution in [0.1, 0.15) is 13.8 Å². The summed E-state index contributed by atoms with van der Waals surface area (Å²) in [6.07, 6.45) is 1.48. The van der Waals surface area contributed by atoms with E-state index in [0.29, 0.717) is 10.9 Å². The van der Waals surface area contributed by atoms with Crippen LogP contribution in [-0.2, 0) is 0 Å². The molecule has 0 unspecified atom stereocenters. The maximum absolute atomic E-state index is 5.92. The van der Waals surface area contributed by atoms with Crippen molar-refractivity contribution in [3.05, 3.63) is 17.5 Å². The van der Waals surface area contributed by atoms with Crippen molar-refractivity contribution < 1.29 is 0 Å². The van der Waals surface area contributed by atoms with Crippen molar-refractivity contribution >= 4 is 23.2 Å². The van der Waals surface area contributed by atoms with Crippen molar-refractivity contribution in [3.8, 4) is 0 Å². The Hall–Kier alpha value is -1.36. The fraction of sp³-hybridized carbons (Fsp3) is 0.444. The van der Waals surface area contributed by atoms with Gasteiger partial charge in [0.1, 0.15) is 17.3 Å². The molecule has 0 saturated heterocycles. The molecular formula is C9H12ClN5. The van der Waals surface area contributed by atoms with Gasteiger partial charge in [-0.05, 0) is 13.8 Å². The summed E-state index contributed by atoms with van der Waals surface area (Å²) < 4.78 is 1.69. The Morgan fingerprint density at radius 2 is 2.13 bits per heavy atom. The van der Waals surface area contributed by atoms with E-state index in [1.54, 1.807) is 10.6 Å². The largest absolute Gasteiger partial charge is 0.357 e. The number of nitrogens with zero attached hydrogens (tertiary/aromatic N) is 5. The highest BCUT2D eigenvalue weighted by atomic mass is 35.5. The number of aromatic nitrogens is 4. The molecule has 0 N–H and O–H groups in total. The summed E-state index contributed by atoms with van der Waals surface area (Å²) in [6, 6.07) is 1.80. The van der Waals surface area contributed by atoms with E-state index in [-0.39, 0.29) is 0 Å². The van der Waals surface area contributed by atoms with Gasteiger partial charge >= 0.3 is 0 Å². The van der Waals surface area contributed by atoms with Gasteiger partial charge in [-0.3, -0.25) is 0 Å². The smallest absolute Gasteiger partial charge is 0.255 e. The molecule has 0 atom stereocenters. The van der Waals surface area contributed by atoms with Crippen molar-refractivity contribution in [2.45, 2.75) is 13.8 Å². The monoisotopic (exact) mass is 225 g/mol. The molecule has 0 fully saturated rings. The molecule has 0 aliphatic carbocycles. The number of hydrogen-bond donors (Lipinski definition) is 0. The zero-order valence-electron chi connectivity index (χ0n) is 8.68. The molecular weight excluding hydrogens is 214 g/mol. The molecule has 2 aromatic heterocycles. The van der Waals surface area contributed by atoms with Gasteiger partial charge in [-0.15, -0.1) is 0 Å². The predicted molar refractivity (Wildman–Crippen MR) is 59.4 cm³/mol. The van der Waals surface area contributed by atoms with Crippen LogP contribution in [0.2, 0.25) is 5.15 Å². The van der Waals surface area contributed by atoms with Gasteiger partial charge in [0.05, 0.1) is 0 Å². The van der Waals surface area contributed by atoms with Crippen LogP contribution in [-0.4, -0.2) is 32.7 Å². The molecule has 0 radical (unpaired) electrons. The molecule has 15 heavy (non-hydrogen) atoms. The fourth-order valence-corrected chi connectivity index (χ4v) is 1.71. The van der Waals surface area contributed by atoms with E-state index in [4.69, 9.17) is 11.6 Å². The first kappa shape index (κ1) is 10.2. The molecule has 0 saturated carbocycles. The summed E-state index contributed by atoms with van der Waals surface area (Å²) in [4.78, 5) is 10.2. The summed E-state index contributed by atoms with van der Waals surface area (Å²) in [6.45, 7) is 5.96. The van der Waals surface area contributed by atoms with E-state index in [1.165, 1.54) is 6.33 Å². The van der Waals surface area contributed by atoms with Crippen molar-refractivity contribution in [2.24, 2.45) is 0 Å². The average Bonchev–Trinajstić information content (AvgIpc) is 2.67. The highest BCUT2D eigenvalue weighted by Crippen LogP contribution is 2.18. The van der Waals surface area contributed by atoms with Crippen LogP contribution in [0.25, 0.3) is 5.78 Å². The van der Waals surface area contributed by atoms with Crippen LogP contribution in [0, 0.1) is 0 Å². The zero-order valence-corrected chi connectivity index (χ0v) is 9.44. The van der Waals surface area contributed by atoms with Crippen LogP contribution in [0.4, 0.5) is 5.82 Å². The fourth-order valence-electron chi connectivity index (χ4n) is 1.54. The lowest BCUT2D eigenvalue weighted by Crippen LogP contribution is -2.24. The maximum atomic E-state index is 5.92. The Morgan fingerprint density at radius 1 is 1.40 bits per heavy atom. The van der Waals surface area contributed by atoms with Crippen molar-refractivity contribution in [1.82, 2.24) is 19.6 Å². The Bertz CT molecular complexity index is 462. The second kappa shape index (κ2) is 4.02. The third-order valence-electron chi connectivity index (χ3n) is 2.29. The number of fused-ring (bicyclic) bond motifs is 1. The minimum absolute atomic E-state index is 0.442. The van der Waals surface area contributed by atoms with Crippen molar-refractivity contribution in [2.75, 3.05) is 18.0 Å². The lowest BCUT2D eigenvalue weighted by atomic mass is 10.4. The molecule has 2 rings (SSSR count). The third kappa shape index (κ3) is 1.74. The van der Waals surface area contributed by atoms with Crippen LogP contribution in [0.5, 0.6) is 0 Å². The minimum Gasteiger partial charge on any atom is -0.357 e. The third-order valence-corrected chi connectivity index (χ3v) is 2.48. The van der Waals surface area contributed by atoms with Gasteiger partial charge in [0, 0.05) is 19.2 Å². The predicted octanol–water partition coefficient (Wildman–Crippen LogP) is 1.62. The van der Waals surface area contributed by atoms with Gasteiger partial charge in [-0.2, -0.15) is 19.6 Å². The summed E-state index contributed by atoms with van der Waals surface area (Å²) in [5, 5.41) is 4.56. The molecule has 6 heteroatoms. The van der Waals surface area contributed by atoms with E-state index in [2.05, 4.69) is 33.8 Å². The topological polar surface area (TPSA) is 46.3 Å². The van der Waals surface area contributed by atoms with Crippen LogP contribution in [0.3, 0.4) is 0 Å². The number of rotatable bonds is 3. The molecule has 0 amide bonds. The van der Waals surface area contributed by atoms with Crippen LogP contribution >= 0.6 is 11.6 Å². The maximum Gasteiger partial charge on any atom is 0.255 e. The lowest BCUT2D eigenvalue weighted by molar-refractivity contribution is 0.799. The Balaban J connectivity index is 2.61. The van der Waals surface area contributed by atoms with E-state index in [1.807, 2.05) is 0 Å². The minimum atomic E-state index is 0.442. The first-order valence-corrected chi connectivity index (χ1v) is 5.25. The standard InChI is InChI=1S/C9H12ClN5/c1-3-14(4-2)8-5-7(10)13-9-11-6-12-15(8)9/h5-6H,3-4H2,1-2H3. The number of halogens is 1. The zero-order chi connectivity index (χ0) is 10.8. The summed E-state index contributed by atoms with van der Waals surface area (Å²) in [5.41, 5.74) is 0. The van der Waals surface area contributed by atoms with Crippen molar-refractivity contribution in [1.29, 1.82) is 0 Å². The Labute approximate surface area is 92.7 Å². The molecule has 0 aliphatic heterocycles. The van der Waals surface area contributed by atoms with E-state index < -0.39 is 0 Å². The normalized spacial score (nSPS) is 10.9. The summed E-state index contributed by atoms with van der Waals surface area (Å²) in [5.74, 6) is 1.46. The highest BCUT2D eigenvalue weighted by molar-refractivity contribution is 6.29. The van der Waals surface area contributed by atoms with Gasteiger partial charge in [0.2, 0.25) is 0 Å². The van der Waals surface area contributed by atoms with E-state index in [0.717, 1.165) is 18.9 Å². The van der Waals surface area contributed by atoms with E-state index in [9.17, 15) is 0 Å². The molecule has 2 heterocycles. The number of hydrogen-bond acceptors (Lipinski definition) is 4. The van der Waals surface area contributed by atoms with Gasteiger partial charge < -0.3 is 4.90 Å². The molecule has 0 spiro atoms. The first-order valence-electron chi connectivity index (χ1n) is 4.87. The molecule has 80 valence electrons. The molecule has 0 bridgehead atoms. The molecule has 0 aliphatic rings. The number of anilines is 1. The molecule has 5 nitrogen and oxygen atoms in total. The van der Waals surface area contributed by atoms with Crippen molar-refractivity contribution in [3.63, 3.8) is 0 Å². The Kier molecular flexibility index (Phi) is 2.73. The van der Waals surface area contributed by atoms with Gasteiger partial charge in [-0.1, -0.05) is 11.6 Å². The highest BCUT2D eigenvalue weighted by Gasteiger charge is 2.10. The van der Waals surface area contributed by atoms with Gasteiger partial charge in [-0.25, -0.2) is 0 Å². The molecule has 0 aromatic carbocycles. The lowest BCUT2D eigenvalue weighted by Gasteiger charge is -2.20. The average molecular weight is 226 g/mol. The summed E-state index contributed by atoms with van der Waals surface area (Å²) in [7, 11) is 0. The van der Waals surface area contributed by atoms with Crippen LogP contribution in [0.15, 0.2) is 12.4 Å². The quantitative estimate of drug-likeness (QED) is 0.745. The Morgan fingerprint density at radius 3 is 2.80 bits per heavy atom. The van der Waals surface area contributed by atoms with Crippen LogP contribution < -0.4 is 4.90 Å². The second-order valence-corrected chi connectivity index (χ2v) is 3.47. The first-order chi connectivity index (χ1) is 7.26. The van der Waals surface area contributed by atoms with Gasteiger partial charge in [0.15, 0.2) is 0 Å². The second-order valence-electron chi connectivity index (χ2n) is 3.08.